The van der Waals surface area contributed by atoms with Crippen LogP contribution in [0.2, 0.25) is 0 Å². The molecule has 5 N–H and O–H groups in total. The van der Waals surface area contributed by atoms with Gasteiger partial charge in [-0.1, -0.05) is 53.7 Å². The number of sulfonamides is 1. The van der Waals surface area contributed by atoms with Gasteiger partial charge < -0.3 is 15.7 Å². The minimum absolute atomic E-state index is 0.0272. The molecule has 13 nitrogen and oxygen atoms in total. The summed E-state index contributed by atoms with van der Waals surface area (Å²) in [5.74, 6) is -1.42. The van der Waals surface area contributed by atoms with Crippen molar-refractivity contribution in [2.75, 3.05) is 12.0 Å². The SMILES string of the molecule is CC(C)(C)NC(=O)c1ccccc1C[C@@H](O)[C@H](Cc1ccccc1)NC(=O)[C@@H](CS(=O)Cc1nn[nH]n1)NS(C)(=O)=O. The van der Waals surface area contributed by atoms with Gasteiger partial charge in [0.15, 0.2) is 5.82 Å². The van der Waals surface area contributed by atoms with Crippen molar-refractivity contribution in [3.8, 4) is 0 Å². The van der Waals surface area contributed by atoms with Crippen LogP contribution in [-0.2, 0) is 44.2 Å². The first-order chi connectivity index (χ1) is 19.7. The third-order valence-electron chi connectivity index (χ3n) is 5.97. The predicted molar refractivity (Wildman–Crippen MR) is 158 cm³/mol. The first kappa shape index (κ1) is 33.0. The fourth-order valence-electron chi connectivity index (χ4n) is 4.18. The van der Waals surface area contributed by atoms with E-state index >= 15 is 0 Å². The highest BCUT2D eigenvalue weighted by Gasteiger charge is 2.30. The number of H-pyrrole nitrogens is 1. The molecule has 0 aliphatic carbocycles. The number of tetrazole rings is 1. The zero-order valence-corrected chi connectivity index (χ0v) is 25.5. The molecule has 4 atom stereocenters. The number of nitrogens with zero attached hydrogens (tertiary/aromatic N) is 3. The third kappa shape index (κ3) is 11.0. The van der Waals surface area contributed by atoms with E-state index in [1.54, 1.807) is 24.3 Å². The van der Waals surface area contributed by atoms with Crippen molar-refractivity contribution >= 4 is 32.6 Å². The van der Waals surface area contributed by atoms with E-state index in [9.17, 15) is 27.3 Å². The second-order valence-corrected chi connectivity index (χ2v) is 14.2. The van der Waals surface area contributed by atoms with Gasteiger partial charge in [0.05, 0.1) is 24.2 Å². The first-order valence-corrected chi connectivity index (χ1v) is 16.6. The Bertz CT molecular complexity index is 1460. The van der Waals surface area contributed by atoms with Crippen LogP contribution < -0.4 is 15.4 Å². The lowest BCUT2D eigenvalue weighted by atomic mass is 9.93. The summed E-state index contributed by atoms with van der Waals surface area (Å²) in [4.78, 5) is 26.4. The number of aromatic amines is 1. The number of aliphatic hydroxyl groups is 1. The van der Waals surface area contributed by atoms with Crippen molar-refractivity contribution in [1.82, 2.24) is 36.0 Å². The average Bonchev–Trinajstić information content (AvgIpc) is 3.40. The molecule has 0 fully saturated rings. The smallest absolute Gasteiger partial charge is 0.251 e. The quantitative estimate of drug-likeness (QED) is 0.168. The Labute approximate surface area is 247 Å². The number of carbonyl (C=O) groups excluding carboxylic acids is 2. The van der Waals surface area contributed by atoms with E-state index in [0.29, 0.717) is 11.1 Å². The van der Waals surface area contributed by atoms with Gasteiger partial charge in [-0.05, 0) is 44.4 Å². The molecule has 2 aromatic carbocycles. The Morgan fingerprint density at radius 1 is 1.05 bits per heavy atom. The maximum Gasteiger partial charge on any atom is 0.251 e. The molecule has 1 aromatic heterocycles. The molecule has 3 aromatic rings. The van der Waals surface area contributed by atoms with Crippen LogP contribution in [0.3, 0.4) is 0 Å². The van der Waals surface area contributed by atoms with Crippen LogP contribution in [0.5, 0.6) is 0 Å². The van der Waals surface area contributed by atoms with E-state index in [4.69, 9.17) is 0 Å². The zero-order chi connectivity index (χ0) is 30.9. The molecule has 228 valence electrons. The molecule has 0 saturated heterocycles. The minimum atomic E-state index is -3.87. The number of benzene rings is 2. The lowest BCUT2D eigenvalue weighted by molar-refractivity contribution is -0.123. The van der Waals surface area contributed by atoms with Gasteiger partial charge in [0, 0.05) is 34.1 Å². The standard InChI is InChI=1S/C27H37N7O6S2/c1-27(2,3)29-25(36)20-13-9-8-12-19(20)15-23(35)21(14-18-10-6-5-7-11-18)28-26(37)22(32-42(4,39)40)16-41(38)17-24-30-33-34-31-24/h5-13,21-23,32,35H,14-17H2,1-4H3,(H,28,37)(H,29,36)(H,30,31,33,34)/t21-,22+,23+,41?/m0/s1. The van der Waals surface area contributed by atoms with Gasteiger partial charge >= 0.3 is 0 Å². The predicted octanol–water partition coefficient (Wildman–Crippen LogP) is 0.226. The number of aromatic nitrogens is 4. The highest BCUT2D eigenvalue weighted by molar-refractivity contribution is 7.89. The monoisotopic (exact) mass is 619 g/mol. The first-order valence-electron chi connectivity index (χ1n) is 13.2. The van der Waals surface area contributed by atoms with Crippen molar-refractivity contribution in [3.63, 3.8) is 0 Å². The molecule has 0 bridgehead atoms. The number of hydrogen-bond donors (Lipinski definition) is 5. The second kappa shape index (κ2) is 14.6. The number of hydrogen-bond acceptors (Lipinski definition) is 9. The van der Waals surface area contributed by atoms with Gasteiger partial charge in [0.1, 0.15) is 6.04 Å². The molecule has 0 spiro atoms. The van der Waals surface area contributed by atoms with Gasteiger partial charge in [-0.15, -0.1) is 10.2 Å². The summed E-state index contributed by atoms with van der Waals surface area (Å²) in [7, 11) is -5.60. The van der Waals surface area contributed by atoms with Crippen molar-refractivity contribution in [2.45, 2.75) is 63.1 Å². The van der Waals surface area contributed by atoms with Gasteiger partial charge in [-0.2, -0.15) is 5.21 Å². The Balaban J connectivity index is 1.84. The van der Waals surface area contributed by atoms with E-state index in [1.165, 1.54) is 0 Å². The number of amides is 2. The summed E-state index contributed by atoms with van der Waals surface area (Å²) in [5.41, 5.74) is 1.31. The summed E-state index contributed by atoms with van der Waals surface area (Å²) in [6, 6.07) is 13.8. The van der Waals surface area contributed by atoms with Crippen LogP contribution >= 0.6 is 0 Å². The van der Waals surface area contributed by atoms with Crippen LogP contribution in [-0.4, -0.2) is 85.9 Å². The Hall–Kier alpha value is -3.53. The maximum absolute atomic E-state index is 13.5. The highest BCUT2D eigenvalue weighted by atomic mass is 32.2. The van der Waals surface area contributed by atoms with Crippen LogP contribution in [0.4, 0.5) is 0 Å². The number of rotatable bonds is 14. The lowest BCUT2D eigenvalue weighted by Crippen LogP contribution is -2.55. The summed E-state index contributed by atoms with van der Waals surface area (Å²) in [5, 5.41) is 30.2. The molecule has 1 heterocycles. The highest BCUT2D eigenvalue weighted by Crippen LogP contribution is 2.17. The molecule has 0 aliphatic rings. The van der Waals surface area contributed by atoms with Crippen LogP contribution in [0.15, 0.2) is 54.6 Å². The van der Waals surface area contributed by atoms with Crippen molar-refractivity contribution in [1.29, 1.82) is 0 Å². The van der Waals surface area contributed by atoms with Crippen molar-refractivity contribution in [3.05, 3.63) is 77.1 Å². The lowest BCUT2D eigenvalue weighted by Gasteiger charge is -2.28. The molecule has 1 unspecified atom stereocenters. The summed E-state index contributed by atoms with van der Waals surface area (Å²) >= 11 is 0. The maximum atomic E-state index is 13.5. The largest absolute Gasteiger partial charge is 0.391 e. The Morgan fingerprint density at radius 2 is 1.71 bits per heavy atom. The Morgan fingerprint density at radius 3 is 2.33 bits per heavy atom. The Kier molecular flexibility index (Phi) is 11.4. The molecule has 0 aliphatic heterocycles. The molecular formula is C27H37N7O6S2. The van der Waals surface area contributed by atoms with Gasteiger partial charge in [0.25, 0.3) is 5.91 Å². The van der Waals surface area contributed by atoms with Gasteiger partial charge in [-0.25, -0.2) is 13.1 Å². The van der Waals surface area contributed by atoms with Crippen LogP contribution in [0, 0.1) is 0 Å². The van der Waals surface area contributed by atoms with Crippen molar-refractivity contribution < 1.29 is 27.3 Å². The van der Waals surface area contributed by atoms with Crippen LogP contribution in [0.25, 0.3) is 0 Å². The third-order valence-corrected chi connectivity index (χ3v) is 7.97. The van der Waals surface area contributed by atoms with Gasteiger partial charge in [-0.3, -0.25) is 13.8 Å². The van der Waals surface area contributed by atoms with Gasteiger partial charge in [0.2, 0.25) is 15.9 Å². The van der Waals surface area contributed by atoms with E-state index in [-0.39, 0.29) is 36.1 Å². The molecule has 0 radical (unpaired) electrons. The molecule has 3 rings (SSSR count). The molecule has 15 heteroatoms. The zero-order valence-electron chi connectivity index (χ0n) is 23.9. The van der Waals surface area contributed by atoms with E-state index < -0.39 is 50.5 Å². The summed E-state index contributed by atoms with van der Waals surface area (Å²) in [6.45, 7) is 5.60. The average molecular weight is 620 g/mol. The number of aliphatic hydroxyl groups excluding tert-OH is 1. The molecule has 2 amide bonds. The number of carbonyl (C=O) groups is 2. The normalized spacial score (nSPS) is 14.9. The molecular weight excluding hydrogens is 582 g/mol. The summed E-state index contributed by atoms with van der Waals surface area (Å²) in [6.07, 6.45) is -0.0340. The van der Waals surface area contributed by atoms with Crippen LogP contribution in [0.1, 0.15) is 48.1 Å². The van der Waals surface area contributed by atoms with Crippen molar-refractivity contribution in [2.24, 2.45) is 0 Å². The topological polar surface area (TPSA) is 196 Å². The fraction of sp³-hybridized carbons (Fsp3) is 0.444. The molecule has 0 saturated carbocycles. The van der Waals surface area contributed by atoms with E-state index in [1.807, 2.05) is 51.1 Å². The van der Waals surface area contributed by atoms with E-state index in [0.717, 1.165) is 11.8 Å². The number of nitrogens with one attached hydrogen (secondary N) is 4. The molecule has 42 heavy (non-hydrogen) atoms. The van der Waals surface area contributed by atoms with E-state index in [2.05, 4.69) is 36.0 Å². The minimum Gasteiger partial charge on any atom is -0.391 e. The fourth-order valence-corrected chi connectivity index (χ4v) is 6.13. The second-order valence-electron chi connectivity index (χ2n) is 11.0. The summed E-state index contributed by atoms with van der Waals surface area (Å²) < 4.78 is 39.1.